The Labute approximate surface area is 95.8 Å². The molecule has 0 spiro atoms. The molecular weight excluding hydrogens is 204 g/mol. The van der Waals surface area contributed by atoms with Gasteiger partial charge in [0.05, 0.1) is 5.69 Å². The zero-order valence-electron chi connectivity index (χ0n) is 9.55. The van der Waals surface area contributed by atoms with Crippen LogP contribution in [0.15, 0.2) is 17.0 Å². The molecule has 2 rings (SSSR count). The second-order valence-corrected chi connectivity index (χ2v) is 5.15. The third-order valence-corrected chi connectivity index (χ3v) is 4.16. The van der Waals surface area contributed by atoms with Gasteiger partial charge < -0.3 is 10.6 Å². The summed E-state index contributed by atoms with van der Waals surface area (Å²) in [5, 5.41) is 6.85. The van der Waals surface area contributed by atoms with Gasteiger partial charge in [0.25, 0.3) is 0 Å². The van der Waals surface area contributed by atoms with Crippen LogP contribution in [0.5, 0.6) is 0 Å². The van der Waals surface area contributed by atoms with Crippen LogP contribution in [0.25, 0.3) is 0 Å². The van der Waals surface area contributed by atoms with E-state index in [9.17, 15) is 0 Å². The minimum absolute atomic E-state index is 0.549. The highest BCUT2D eigenvalue weighted by Crippen LogP contribution is 2.36. The first-order valence-corrected chi connectivity index (χ1v) is 6.35. The van der Waals surface area contributed by atoms with Crippen molar-refractivity contribution in [3.05, 3.63) is 23.3 Å². The fourth-order valence-corrected chi connectivity index (χ4v) is 2.99. The molecule has 1 aliphatic heterocycles. The van der Waals surface area contributed by atoms with Gasteiger partial charge in [-0.05, 0) is 38.1 Å². The van der Waals surface area contributed by atoms with E-state index in [-0.39, 0.29) is 0 Å². The maximum Gasteiger partial charge on any atom is 0.0513 e. The summed E-state index contributed by atoms with van der Waals surface area (Å²) in [6.45, 7) is 5.40. The lowest BCUT2D eigenvalue weighted by molar-refractivity contribution is 0.701. The number of nitrogens with one attached hydrogen (secondary N) is 2. The van der Waals surface area contributed by atoms with Gasteiger partial charge in [0.15, 0.2) is 0 Å². The Bertz CT molecular complexity index is 363. The Morgan fingerprint density at radius 3 is 3.00 bits per heavy atom. The van der Waals surface area contributed by atoms with E-state index in [1.54, 1.807) is 0 Å². The van der Waals surface area contributed by atoms with E-state index < -0.39 is 0 Å². The van der Waals surface area contributed by atoms with Crippen molar-refractivity contribution in [2.24, 2.45) is 0 Å². The zero-order chi connectivity index (χ0) is 10.8. The number of likely N-dealkylation sites (N-methyl/N-ethyl adjacent to an activating group) is 1. The molecular formula is C12H18N2S. The van der Waals surface area contributed by atoms with Crippen LogP contribution in [0, 0.1) is 13.8 Å². The summed E-state index contributed by atoms with van der Waals surface area (Å²) in [6.07, 6.45) is 0. The summed E-state index contributed by atoms with van der Waals surface area (Å²) in [6, 6.07) is 4.99. The molecule has 1 heterocycles. The van der Waals surface area contributed by atoms with Crippen LogP contribution < -0.4 is 10.6 Å². The van der Waals surface area contributed by atoms with Crippen molar-refractivity contribution in [3.63, 3.8) is 0 Å². The van der Waals surface area contributed by atoms with Gasteiger partial charge >= 0.3 is 0 Å². The smallest absolute Gasteiger partial charge is 0.0513 e. The quantitative estimate of drug-likeness (QED) is 0.803. The van der Waals surface area contributed by atoms with Gasteiger partial charge in [0.2, 0.25) is 0 Å². The van der Waals surface area contributed by atoms with E-state index in [0.717, 1.165) is 12.3 Å². The van der Waals surface area contributed by atoms with Gasteiger partial charge in [-0.2, -0.15) is 0 Å². The molecule has 0 amide bonds. The van der Waals surface area contributed by atoms with Crippen LogP contribution in [0.2, 0.25) is 0 Å². The Morgan fingerprint density at radius 1 is 1.47 bits per heavy atom. The molecule has 1 aromatic rings. The van der Waals surface area contributed by atoms with Crippen molar-refractivity contribution in [2.45, 2.75) is 24.8 Å². The van der Waals surface area contributed by atoms with Crippen molar-refractivity contribution in [3.8, 4) is 0 Å². The summed E-state index contributed by atoms with van der Waals surface area (Å²) < 4.78 is 0. The summed E-state index contributed by atoms with van der Waals surface area (Å²) in [5.74, 6) is 1.15. The number of aryl methyl sites for hydroxylation is 1. The molecule has 0 aromatic heterocycles. The molecule has 1 unspecified atom stereocenters. The molecule has 1 atom stereocenters. The summed E-state index contributed by atoms with van der Waals surface area (Å²) in [5.41, 5.74) is 4.10. The lowest BCUT2D eigenvalue weighted by atomic mass is 10.1. The first kappa shape index (κ1) is 10.8. The average Bonchev–Trinajstić information content (AvgIpc) is 2.25. The Morgan fingerprint density at radius 2 is 2.27 bits per heavy atom. The lowest BCUT2D eigenvalue weighted by Crippen LogP contribution is -2.35. The SMILES string of the molecule is CNCC1CSc2ccc(C)c(C)c2N1. The van der Waals surface area contributed by atoms with Gasteiger partial charge in [-0.15, -0.1) is 11.8 Å². The predicted octanol–water partition coefficient (Wildman–Crippen LogP) is 2.41. The second-order valence-electron chi connectivity index (χ2n) is 4.09. The number of benzene rings is 1. The molecule has 2 nitrogen and oxygen atoms in total. The zero-order valence-corrected chi connectivity index (χ0v) is 10.4. The fraction of sp³-hybridized carbons (Fsp3) is 0.500. The predicted molar refractivity (Wildman–Crippen MR) is 68.0 cm³/mol. The van der Waals surface area contributed by atoms with Crippen molar-refractivity contribution in [1.29, 1.82) is 0 Å². The third-order valence-electron chi connectivity index (χ3n) is 2.94. The Balaban J connectivity index is 2.27. The molecule has 1 aromatic carbocycles. The van der Waals surface area contributed by atoms with Crippen LogP contribution in [0.4, 0.5) is 5.69 Å². The van der Waals surface area contributed by atoms with E-state index in [1.165, 1.54) is 21.7 Å². The van der Waals surface area contributed by atoms with Crippen LogP contribution in [-0.2, 0) is 0 Å². The van der Waals surface area contributed by atoms with Gasteiger partial charge in [-0.3, -0.25) is 0 Å². The molecule has 1 aliphatic rings. The largest absolute Gasteiger partial charge is 0.379 e. The fourth-order valence-electron chi connectivity index (χ4n) is 1.88. The normalized spacial score (nSPS) is 19.5. The number of rotatable bonds is 2. The van der Waals surface area contributed by atoms with Crippen LogP contribution in [0.3, 0.4) is 0 Å². The van der Waals surface area contributed by atoms with Crippen molar-refractivity contribution < 1.29 is 0 Å². The van der Waals surface area contributed by atoms with Crippen LogP contribution >= 0.6 is 11.8 Å². The van der Waals surface area contributed by atoms with Crippen LogP contribution in [0.1, 0.15) is 11.1 Å². The number of hydrogen-bond donors (Lipinski definition) is 2. The summed E-state index contributed by atoms with van der Waals surface area (Å²) in [7, 11) is 2.00. The van der Waals surface area contributed by atoms with Crippen molar-refractivity contribution in [2.75, 3.05) is 24.7 Å². The van der Waals surface area contributed by atoms with E-state index in [4.69, 9.17) is 0 Å². The number of fused-ring (bicyclic) bond motifs is 1. The summed E-state index contributed by atoms with van der Waals surface area (Å²) >= 11 is 1.96. The number of anilines is 1. The highest BCUT2D eigenvalue weighted by molar-refractivity contribution is 7.99. The molecule has 82 valence electrons. The minimum atomic E-state index is 0.549. The third kappa shape index (κ3) is 2.13. The monoisotopic (exact) mass is 222 g/mol. The van der Waals surface area contributed by atoms with Gasteiger partial charge in [-0.1, -0.05) is 6.07 Å². The molecule has 0 saturated heterocycles. The average molecular weight is 222 g/mol. The molecule has 2 N–H and O–H groups in total. The van der Waals surface area contributed by atoms with Crippen molar-refractivity contribution >= 4 is 17.4 Å². The number of thioether (sulfide) groups is 1. The van der Waals surface area contributed by atoms with E-state index in [0.29, 0.717) is 6.04 Å². The Kier molecular flexibility index (Phi) is 3.22. The standard InChI is InChI=1S/C12H18N2S/c1-8-4-5-11-12(9(8)2)14-10(6-13-3)7-15-11/h4-5,10,13-14H,6-7H2,1-3H3. The molecule has 0 saturated carbocycles. The summed E-state index contributed by atoms with van der Waals surface area (Å²) in [4.78, 5) is 1.39. The van der Waals surface area contributed by atoms with Crippen molar-refractivity contribution in [1.82, 2.24) is 5.32 Å². The topological polar surface area (TPSA) is 24.1 Å². The lowest BCUT2D eigenvalue weighted by Gasteiger charge is -2.28. The highest BCUT2D eigenvalue weighted by Gasteiger charge is 2.19. The molecule has 3 heteroatoms. The molecule has 0 radical (unpaired) electrons. The maximum atomic E-state index is 3.62. The second kappa shape index (κ2) is 4.45. The maximum absolute atomic E-state index is 3.62. The van der Waals surface area contributed by atoms with Gasteiger partial charge in [-0.25, -0.2) is 0 Å². The van der Waals surface area contributed by atoms with Gasteiger partial charge in [0, 0.05) is 23.2 Å². The van der Waals surface area contributed by atoms with Crippen LogP contribution in [-0.4, -0.2) is 25.4 Å². The Hall–Kier alpha value is -0.670. The highest BCUT2D eigenvalue weighted by atomic mass is 32.2. The van der Waals surface area contributed by atoms with E-state index >= 15 is 0 Å². The first-order chi connectivity index (χ1) is 7.22. The van der Waals surface area contributed by atoms with E-state index in [2.05, 4.69) is 36.6 Å². The molecule has 0 aliphatic carbocycles. The van der Waals surface area contributed by atoms with Gasteiger partial charge in [0.1, 0.15) is 0 Å². The molecule has 0 fully saturated rings. The molecule has 15 heavy (non-hydrogen) atoms. The number of hydrogen-bond acceptors (Lipinski definition) is 3. The minimum Gasteiger partial charge on any atom is -0.379 e. The first-order valence-electron chi connectivity index (χ1n) is 5.36. The van der Waals surface area contributed by atoms with E-state index in [1.807, 2.05) is 18.8 Å². The molecule has 0 bridgehead atoms.